The molecule has 0 aromatic heterocycles. The van der Waals surface area contributed by atoms with Crippen LogP contribution >= 0.6 is 0 Å². The maximum Gasteiger partial charge on any atom is 0.169 e. The second-order valence-electron chi connectivity index (χ2n) is 5.37. The third-order valence-electron chi connectivity index (χ3n) is 4.01. The van der Waals surface area contributed by atoms with Crippen LogP contribution < -0.4 is 0 Å². The maximum atomic E-state index is 12.1. The Bertz CT molecular complexity index is 318. The Morgan fingerprint density at radius 2 is 1.33 bits per heavy atom. The minimum absolute atomic E-state index is 0.0168. The number of rotatable bonds is 0. The molecule has 0 heterocycles. The van der Waals surface area contributed by atoms with Crippen molar-refractivity contribution in [2.24, 2.45) is 17.3 Å². The first-order valence-electron chi connectivity index (χ1n) is 5.47. The molecule has 0 amide bonds. The maximum absolute atomic E-state index is 12.1. The van der Waals surface area contributed by atoms with E-state index in [0.29, 0.717) is 5.57 Å². The van der Waals surface area contributed by atoms with E-state index in [1.807, 2.05) is 41.5 Å². The fraction of sp³-hybridized carbons (Fsp3) is 0.692. The lowest BCUT2D eigenvalue weighted by Crippen LogP contribution is -2.46. The van der Waals surface area contributed by atoms with Gasteiger partial charge in [-0.2, -0.15) is 0 Å². The van der Waals surface area contributed by atoms with E-state index in [9.17, 15) is 9.59 Å². The number of carbonyl (C=O) groups is 2. The highest BCUT2D eigenvalue weighted by Crippen LogP contribution is 2.43. The molecule has 1 rings (SSSR count). The van der Waals surface area contributed by atoms with Crippen molar-refractivity contribution in [1.82, 2.24) is 0 Å². The lowest BCUT2D eigenvalue weighted by atomic mass is 9.60. The van der Waals surface area contributed by atoms with Gasteiger partial charge >= 0.3 is 0 Å². The molecule has 0 aromatic rings. The molecule has 0 bridgehead atoms. The lowest BCUT2D eigenvalue weighted by Gasteiger charge is -2.41. The van der Waals surface area contributed by atoms with Gasteiger partial charge in [-0.1, -0.05) is 33.3 Å². The van der Waals surface area contributed by atoms with Gasteiger partial charge in [-0.05, 0) is 19.3 Å². The molecule has 0 radical (unpaired) electrons. The monoisotopic (exact) mass is 208 g/mol. The molecule has 0 N–H and O–H groups in total. The van der Waals surface area contributed by atoms with Gasteiger partial charge in [0.1, 0.15) is 0 Å². The molecule has 2 atom stereocenters. The molecular formula is C13H20O2. The van der Waals surface area contributed by atoms with Gasteiger partial charge in [0.15, 0.2) is 11.6 Å². The molecule has 1 saturated carbocycles. The van der Waals surface area contributed by atoms with E-state index in [2.05, 4.69) is 0 Å². The van der Waals surface area contributed by atoms with E-state index in [4.69, 9.17) is 0 Å². The topological polar surface area (TPSA) is 34.1 Å². The first kappa shape index (κ1) is 12.2. The van der Waals surface area contributed by atoms with Crippen LogP contribution in [-0.2, 0) is 9.59 Å². The summed E-state index contributed by atoms with van der Waals surface area (Å²) in [5, 5.41) is 0. The molecule has 0 aromatic carbocycles. The summed E-state index contributed by atoms with van der Waals surface area (Å²) in [5.74, 6) is -0.114. The highest BCUT2D eigenvalue weighted by molar-refractivity contribution is 6.24. The van der Waals surface area contributed by atoms with E-state index in [1.54, 1.807) is 0 Å². The van der Waals surface area contributed by atoms with Crippen LogP contribution in [0.2, 0.25) is 0 Å². The molecule has 2 nitrogen and oxygen atoms in total. The van der Waals surface area contributed by atoms with E-state index >= 15 is 0 Å². The van der Waals surface area contributed by atoms with Crippen LogP contribution in [-0.4, -0.2) is 11.6 Å². The third-order valence-corrected chi connectivity index (χ3v) is 4.01. The zero-order valence-corrected chi connectivity index (χ0v) is 10.5. The van der Waals surface area contributed by atoms with Gasteiger partial charge in [-0.3, -0.25) is 9.59 Å². The first-order valence-corrected chi connectivity index (χ1v) is 5.47. The Hall–Kier alpha value is -0.920. The van der Waals surface area contributed by atoms with Crippen molar-refractivity contribution >= 4 is 11.6 Å². The van der Waals surface area contributed by atoms with Crippen LogP contribution in [0.25, 0.3) is 0 Å². The van der Waals surface area contributed by atoms with Crippen LogP contribution in [0.15, 0.2) is 11.1 Å². The molecule has 2 heteroatoms. The summed E-state index contributed by atoms with van der Waals surface area (Å²) in [6, 6.07) is 0. The second-order valence-corrected chi connectivity index (χ2v) is 5.37. The summed E-state index contributed by atoms with van der Waals surface area (Å²) in [6.45, 7) is 11.5. The van der Waals surface area contributed by atoms with Crippen LogP contribution in [0.5, 0.6) is 0 Å². The predicted octanol–water partition coefficient (Wildman–Crippen LogP) is 2.77. The molecule has 84 valence electrons. The molecule has 0 saturated heterocycles. The Morgan fingerprint density at radius 3 is 1.60 bits per heavy atom. The third kappa shape index (κ3) is 1.66. The molecular weight excluding hydrogens is 188 g/mol. The number of allylic oxidation sites excluding steroid dienone is 2. The second kappa shape index (κ2) is 3.58. The van der Waals surface area contributed by atoms with Gasteiger partial charge in [0.2, 0.25) is 0 Å². The average molecular weight is 208 g/mol. The highest BCUT2D eigenvalue weighted by Gasteiger charge is 2.47. The van der Waals surface area contributed by atoms with Crippen molar-refractivity contribution in [1.29, 1.82) is 0 Å². The van der Waals surface area contributed by atoms with Crippen molar-refractivity contribution < 1.29 is 9.59 Å². The summed E-state index contributed by atoms with van der Waals surface area (Å²) in [5.41, 5.74) is 1.06. The van der Waals surface area contributed by atoms with Gasteiger partial charge in [0.05, 0.1) is 5.57 Å². The zero-order chi connectivity index (χ0) is 12.0. The van der Waals surface area contributed by atoms with Crippen LogP contribution in [0.1, 0.15) is 41.5 Å². The van der Waals surface area contributed by atoms with Gasteiger partial charge in [-0.25, -0.2) is 0 Å². The Kier molecular flexibility index (Phi) is 2.90. The van der Waals surface area contributed by atoms with E-state index in [0.717, 1.165) is 5.57 Å². The number of hydrogen-bond donors (Lipinski definition) is 0. The summed E-state index contributed by atoms with van der Waals surface area (Å²) < 4.78 is 0. The normalized spacial score (nSPS) is 30.7. The average Bonchev–Trinajstić information content (AvgIpc) is 2.12. The number of Topliss-reactive ketones (excluding diaryl/α,β-unsaturated/α-hetero) is 2. The molecule has 1 aliphatic rings. The lowest BCUT2D eigenvalue weighted by molar-refractivity contribution is -0.136. The molecule has 0 spiro atoms. The quantitative estimate of drug-likeness (QED) is 0.453. The number of ketones is 2. The Labute approximate surface area is 91.7 Å². The van der Waals surface area contributed by atoms with Crippen molar-refractivity contribution in [2.75, 3.05) is 0 Å². The standard InChI is InChI=1S/C13H20O2/c1-7(2)10-11(14)8(3)13(5,6)9(4)12(10)15/h8-9H,1-6H3. The summed E-state index contributed by atoms with van der Waals surface area (Å²) >= 11 is 0. The van der Waals surface area contributed by atoms with Crippen LogP contribution in [0, 0.1) is 17.3 Å². The number of carbonyl (C=O) groups excluding carboxylic acids is 2. The fourth-order valence-electron chi connectivity index (χ4n) is 2.10. The number of hydrogen-bond acceptors (Lipinski definition) is 2. The van der Waals surface area contributed by atoms with E-state index in [1.165, 1.54) is 0 Å². The smallest absolute Gasteiger partial charge is 0.169 e. The zero-order valence-electron chi connectivity index (χ0n) is 10.5. The predicted molar refractivity (Wildman–Crippen MR) is 60.5 cm³/mol. The molecule has 1 aliphatic carbocycles. The Balaban J connectivity index is 3.30. The minimum Gasteiger partial charge on any atom is -0.294 e. The Morgan fingerprint density at radius 1 is 1.00 bits per heavy atom. The van der Waals surface area contributed by atoms with E-state index < -0.39 is 0 Å². The van der Waals surface area contributed by atoms with Gasteiger partial charge < -0.3 is 0 Å². The van der Waals surface area contributed by atoms with Gasteiger partial charge in [-0.15, -0.1) is 0 Å². The first-order chi connectivity index (χ1) is 6.71. The van der Waals surface area contributed by atoms with Gasteiger partial charge in [0, 0.05) is 11.8 Å². The molecule has 0 aliphatic heterocycles. The van der Waals surface area contributed by atoms with Crippen molar-refractivity contribution in [3.05, 3.63) is 11.1 Å². The summed E-state index contributed by atoms with van der Waals surface area (Å²) in [6.07, 6.45) is 0. The van der Waals surface area contributed by atoms with E-state index in [-0.39, 0.29) is 28.8 Å². The van der Waals surface area contributed by atoms with Gasteiger partial charge in [0.25, 0.3) is 0 Å². The summed E-state index contributed by atoms with van der Waals surface area (Å²) in [4.78, 5) is 24.1. The molecule has 15 heavy (non-hydrogen) atoms. The SMILES string of the molecule is CC(C)=C1C(=O)C(C)C(C)(C)C(C)C1=O. The van der Waals surface area contributed by atoms with Crippen molar-refractivity contribution in [2.45, 2.75) is 41.5 Å². The molecule has 2 unspecified atom stereocenters. The van der Waals surface area contributed by atoms with Crippen LogP contribution in [0.4, 0.5) is 0 Å². The minimum atomic E-state index is -0.229. The van der Waals surface area contributed by atoms with Crippen molar-refractivity contribution in [3.63, 3.8) is 0 Å². The largest absolute Gasteiger partial charge is 0.294 e. The molecule has 1 fully saturated rings. The fourth-order valence-corrected chi connectivity index (χ4v) is 2.10. The van der Waals surface area contributed by atoms with Crippen molar-refractivity contribution in [3.8, 4) is 0 Å². The van der Waals surface area contributed by atoms with Crippen LogP contribution in [0.3, 0.4) is 0 Å². The summed E-state index contributed by atoms with van der Waals surface area (Å²) in [7, 11) is 0. The highest BCUT2D eigenvalue weighted by atomic mass is 16.2.